The molecule has 0 aliphatic rings. The van der Waals surface area contributed by atoms with Gasteiger partial charge in [-0.15, -0.1) is 0 Å². The highest BCUT2D eigenvalue weighted by atomic mass is 16.6. The quantitative estimate of drug-likeness (QED) is 0.677. The minimum atomic E-state index is -0.420. The minimum absolute atomic E-state index is 0.178. The summed E-state index contributed by atoms with van der Waals surface area (Å²) in [5.41, 5.74) is 1.65. The lowest BCUT2D eigenvalue weighted by Crippen LogP contribution is -2.15. The van der Waals surface area contributed by atoms with Gasteiger partial charge in [-0.1, -0.05) is 42.5 Å². The first-order chi connectivity index (χ1) is 11.3. The van der Waals surface area contributed by atoms with Gasteiger partial charge < -0.3 is 9.47 Å². The van der Waals surface area contributed by atoms with Crippen molar-refractivity contribution in [1.29, 1.82) is 0 Å². The van der Waals surface area contributed by atoms with Gasteiger partial charge in [-0.2, -0.15) is 4.98 Å². The number of nitrogens with zero attached hydrogens (tertiary/aromatic N) is 2. The van der Waals surface area contributed by atoms with Crippen LogP contribution in [0.5, 0.6) is 5.88 Å². The Morgan fingerprint density at radius 3 is 2.52 bits per heavy atom. The largest absolute Gasteiger partial charge is 0.465 e. The van der Waals surface area contributed by atoms with Gasteiger partial charge in [0, 0.05) is 5.56 Å². The standard InChI is InChI=1S/C18H16N2O3/c1-2-22-16(21)12-23-18-14-10-6-7-11-15(14)19-17(20-18)13-8-4-3-5-9-13/h3-11H,2,12H2,1H3. The Morgan fingerprint density at radius 1 is 1.00 bits per heavy atom. The van der Waals surface area contributed by atoms with Crippen LogP contribution in [0.3, 0.4) is 0 Å². The van der Waals surface area contributed by atoms with E-state index in [2.05, 4.69) is 9.97 Å². The molecule has 3 rings (SSSR count). The molecular formula is C18H16N2O3. The molecule has 0 bridgehead atoms. The van der Waals surface area contributed by atoms with Crippen LogP contribution in [0, 0.1) is 0 Å². The van der Waals surface area contributed by atoms with Gasteiger partial charge in [0.25, 0.3) is 0 Å². The molecule has 1 aromatic heterocycles. The van der Waals surface area contributed by atoms with Crippen LogP contribution >= 0.6 is 0 Å². The van der Waals surface area contributed by atoms with E-state index in [1.807, 2.05) is 54.6 Å². The fourth-order valence-corrected chi connectivity index (χ4v) is 2.20. The van der Waals surface area contributed by atoms with Gasteiger partial charge >= 0.3 is 5.97 Å². The number of para-hydroxylation sites is 1. The van der Waals surface area contributed by atoms with Crippen LogP contribution in [-0.4, -0.2) is 29.2 Å². The second-order valence-corrected chi connectivity index (χ2v) is 4.83. The van der Waals surface area contributed by atoms with Gasteiger partial charge in [-0.05, 0) is 19.1 Å². The Kier molecular flexibility index (Phi) is 4.47. The first-order valence-electron chi connectivity index (χ1n) is 7.38. The summed E-state index contributed by atoms with van der Waals surface area (Å²) in [6, 6.07) is 17.2. The molecule has 0 N–H and O–H groups in total. The van der Waals surface area contributed by atoms with Crippen LogP contribution in [0.4, 0.5) is 0 Å². The zero-order valence-corrected chi connectivity index (χ0v) is 12.7. The van der Waals surface area contributed by atoms with Crippen LogP contribution in [0.2, 0.25) is 0 Å². The molecule has 0 saturated heterocycles. The number of esters is 1. The first kappa shape index (κ1) is 15.0. The molecule has 0 aliphatic heterocycles. The number of ether oxygens (including phenoxy) is 2. The monoisotopic (exact) mass is 308 g/mol. The third kappa shape index (κ3) is 3.45. The molecule has 2 aromatic carbocycles. The summed E-state index contributed by atoms with van der Waals surface area (Å²) in [4.78, 5) is 20.5. The van der Waals surface area contributed by atoms with E-state index in [9.17, 15) is 4.79 Å². The van der Waals surface area contributed by atoms with E-state index < -0.39 is 5.97 Å². The lowest BCUT2D eigenvalue weighted by Gasteiger charge is -2.10. The number of fused-ring (bicyclic) bond motifs is 1. The third-order valence-electron chi connectivity index (χ3n) is 3.23. The number of aromatic nitrogens is 2. The second-order valence-electron chi connectivity index (χ2n) is 4.83. The molecule has 0 unspecified atom stereocenters. The van der Waals surface area contributed by atoms with Crippen molar-refractivity contribution in [2.75, 3.05) is 13.2 Å². The van der Waals surface area contributed by atoms with Crippen molar-refractivity contribution in [1.82, 2.24) is 9.97 Å². The normalized spacial score (nSPS) is 10.5. The van der Waals surface area contributed by atoms with Crippen molar-refractivity contribution in [3.05, 3.63) is 54.6 Å². The van der Waals surface area contributed by atoms with Crippen LogP contribution in [-0.2, 0) is 9.53 Å². The van der Waals surface area contributed by atoms with Crippen molar-refractivity contribution in [3.63, 3.8) is 0 Å². The molecular weight excluding hydrogens is 292 g/mol. The Hall–Kier alpha value is -2.95. The molecule has 0 saturated carbocycles. The van der Waals surface area contributed by atoms with Gasteiger partial charge in [0.2, 0.25) is 5.88 Å². The predicted octanol–water partition coefficient (Wildman–Crippen LogP) is 3.24. The third-order valence-corrected chi connectivity index (χ3v) is 3.23. The smallest absolute Gasteiger partial charge is 0.344 e. The highest BCUT2D eigenvalue weighted by molar-refractivity contribution is 5.85. The van der Waals surface area contributed by atoms with Crippen molar-refractivity contribution in [3.8, 4) is 17.3 Å². The molecule has 116 valence electrons. The summed E-state index contributed by atoms with van der Waals surface area (Å²) in [5.74, 6) is 0.516. The number of rotatable bonds is 5. The summed E-state index contributed by atoms with van der Waals surface area (Å²) >= 11 is 0. The average molecular weight is 308 g/mol. The molecule has 0 amide bonds. The summed E-state index contributed by atoms with van der Waals surface area (Å²) in [6.45, 7) is 1.90. The van der Waals surface area contributed by atoms with Gasteiger partial charge in [0.15, 0.2) is 12.4 Å². The molecule has 0 spiro atoms. The lowest BCUT2D eigenvalue weighted by molar-refractivity contribution is -0.145. The van der Waals surface area contributed by atoms with Gasteiger partial charge in [-0.3, -0.25) is 0 Å². The van der Waals surface area contributed by atoms with E-state index in [1.165, 1.54) is 0 Å². The SMILES string of the molecule is CCOC(=O)COc1nc(-c2ccccc2)nc2ccccc12. The van der Waals surface area contributed by atoms with Crippen molar-refractivity contribution >= 4 is 16.9 Å². The van der Waals surface area contributed by atoms with Crippen molar-refractivity contribution in [2.45, 2.75) is 6.92 Å². The van der Waals surface area contributed by atoms with Crippen molar-refractivity contribution < 1.29 is 14.3 Å². The molecule has 0 aliphatic carbocycles. The average Bonchev–Trinajstić information content (AvgIpc) is 2.60. The van der Waals surface area contributed by atoms with Gasteiger partial charge in [-0.25, -0.2) is 9.78 Å². The maximum Gasteiger partial charge on any atom is 0.344 e. The molecule has 23 heavy (non-hydrogen) atoms. The zero-order chi connectivity index (χ0) is 16.1. The fraction of sp³-hybridized carbons (Fsp3) is 0.167. The first-order valence-corrected chi connectivity index (χ1v) is 7.38. The molecule has 5 nitrogen and oxygen atoms in total. The second kappa shape index (κ2) is 6.87. The van der Waals surface area contributed by atoms with E-state index in [0.29, 0.717) is 18.3 Å². The Balaban J connectivity index is 1.99. The Labute approximate surface area is 133 Å². The maximum absolute atomic E-state index is 11.5. The Morgan fingerprint density at radius 2 is 1.74 bits per heavy atom. The van der Waals surface area contributed by atoms with E-state index in [-0.39, 0.29) is 6.61 Å². The van der Waals surface area contributed by atoms with Crippen LogP contribution in [0.1, 0.15) is 6.92 Å². The van der Waals surface area contributed by atoms with E-state index in [1.54, 1.807) is 6.92 Å². The van der Waals surface area contributed by atoms with Gasteiger partial charge in [0.05, 0.1) is 17.5 Å². The molecule has 1 heterocycles. The van der Waals surface area contributed by atoms with Crippen molar-refractivity contribution in [2.24, 2.45) is 0 Å². The van der Waals surface area contributed by atoms with E-state index >= 15 is 0 Å². The summed E-state index contributed by atoms with van der Waals surface area (Å²) < 4.78 is 10.5. The van der Waals surface area contributed by atoms with E-state index in [4.69, 9.17) is 9.47 Å². The molecule has 0 fully saturated rings. The predicted molar refractivity (Wildman–Crippen MR) is 87.1 cm³/mol. The minimum Gasteiger partial charge on any atom is -0.465 e. The van der Waals surface area contributed by atoms with Gasteiger partial charge in [0.1, 0.15) is 0 Å². The van der Waals surface area contributed by atoms with E-state index in [0.717, 1.165) is 16.5 Å². The zero-order valence-electron chi connectivity index (χ0n) is 12.7. The molecule has 5 heteroatoms. The number of hydrogen-bond donors (Lipinski definition) is 0. The summed E-state index contributed by atoms with van der Waals surface area (Å²) in [7, 11) is 0. The number of carbonyl (C=O) groups excluding carboxylic acids is 1. The highest BCUT2D eigenvalue weighted by Gasteiger charge is 2.12. The highest BCUT2D eigenvalue weighted by Crippen LogP contribution is 2.26. The van der Waals surface area contributed by atoms with Crippen LogP contribution < -0.4 is 4.74 Å². The fourth-order valence-electron chi connectivity index (χ4n) is 2.20. The summed E-state index contributed by atoms with van der Waals surface area (Å²) in [6.07, 6.45) is 0. The number of carbonyl (C=O) groups is 1. The van der Waals surface area contributed by atoms with Crippen LogP contribution in [0.15, 0.2) is 54.6 Å². The number of hydrogen-bond acceptors (Lipinski definition) is 5. The molecule has 0 atom stereocenters. The Bertz CT molecular complexity index is 819. The topological polar surface area (TPSA) is 61.3 Å². The lowest BCUT2D eigenvalue weighted by atomic mass is 10.2. The maximum atomic E-state index is 11.5. The molecule has 0 radical (unpaired) electrons. The number of benzene rings is 2. The van der Waals surface area contributed by atoms with Crippen LogP contribution in [0.25, 0.3) is 22.3 Å². The summed E-state index contributed by atoms with van der Waals surface area (Å²) in [5, 5.41) is 0.761. The molecule has 3 aromatic rings.